The van der Waals surface area contributed by atoms with E-state index in [0.29, 0.717) is 12.8 Å². The quantitative estimate of drug-likeness (QED) is 0.500. The average Bonchev–Trinajstić information content (AvgIpc) is 2.47. The van der Waals surface area contributed by atoms with E-state index >= 15 is 0 Å². The molecule has 4 N–H and O–H groups in total. The van der Waals surface area contributed by atoms with Crippen molar-refractivity contribution < 1.29 is 15.3 Å². The first-order valence-electron chi connectivity index (χ1n) is 8.66. The van der Waals surface area contributed by atoms with Gasteiger partial charge in [0, 0.05) is 13.0 Å². The van der Waals surface area contributed by atoms with Gasteiger partial charge in [-0.1, -0.05) is 32.9 Å². The maximum atomic E-state index is 10.2. The molecule has 1 aromatic rings. The molecule has 0 heterocycles. The Balaban J connectivity index is 2.38. The molecule has 0 aromatic heterocycles. The van der Waals surface area contributed by atoms with Gasteiger partial charge < -0.3 is 20.6 Å². The Morgan fingerprint density at radius 2 is 1.78 bits per heavy atom. The molecule has 1 atom stereocenters. The highest BCUT2D eigenvalue weighted by atomic mass is 16.3. The first kappa shape index (κ1) is 19.9. The van der Waals surface area contributed by atoms with E-state index in [4.69, 9.17) is 5.11 Å². The molecule has 0 bridgehead atoms. The van der Waals surface area contributed by atoms with E-state index in [2.05, 4.69) is 26.1 Å². The van der Waals surface area contributed by atoms with Gasteiger partial charge in [0.25, 0.3) is 0 Å². The van der Waals surface area contributed by atoms with Crippen LogP contribution in [0.2, 0.25) is 0 Å². The maximum absolute atomic E-state index is 10.2. The Kier molecular flexibility index (Phi) is 8.59. The molecule has 0 fully saturated rings. The lowest BCUT2D eigenvalue weighted by atomic mass is 9.85. The minimum Gasteiger partial charge on any atom is -0.508 e. The van der Waals surface area contributed by atoms with E-state index < -0.39 is 6.10 Å². The van der Waals surface area contributed by atoms with Gasteiger partial charge in [-0.3, -0.25) is 0 Å². The summed E-state index contributed by atoms with van der Waals surface area (Å²) in [7, 11) is 0. The van der Waals surface area contributed by atoms with Crippen LogP contribution >= 0.6 is 0 Å². The number of unbranched alkanes of at least 4 members (excludes halogenated alkanes) is 1. The summed E-state index contributed by atoms with van der Waals surface area (Å²) in [5.74, 6) is 0.263. The fourth-order valence-corrected chi connectivity index (χ4v) is 2.52. The van der Waals surface area contributed by atoms with Crippen LogP contribution in [0.4, 0.5) is 0 Å². The first-order valence-corrected chi connectivity index (χ1v) is 8.66. The van der Waals surface area contributed by atoms with E-state index in [1.54, 1.807) is 6.07 Å². The largest absolute Gasteiger partial charge is 0.508 e. The standard InChI is InChI=1S/C19H33NO3/c1-19(2,3)16-8-9-18(23)15(13-16)14-17(22)7-6-11-20-10-4-5-12-21/h8-9,13,17,20-23H,4-7,10-12,14H2,1-3H3. The first-order chi connectivity index (χ1) is 10.8. The molecular formula is C19H33NO3. The predicted molar refractivity (Wildman–Crippen MR) is 94.9 cm³/mol. The normalized spacial score (nSPS) is 13.3. The molecule has 23 heavy (non-hydrogen) atoms. The van der Waals surface area contributed by atoms with Crippen molar-refractivity contribution >= 4 is 0 Å². The number of rotatable bonds is 10. The second-order valence-corrected chi connectivity index (χ2v) is 7.27. The van der Waals surface area contributed by atoms with Gasteiger partial charge in [0.1, 0.15) is 5.75 Å². The van der Waals surface area contributed by atoms with Crippen molar-refractivity contribution in [3.8, 4) is 5.75 Å². The molecule has 0 saturated carbocycles. The lowest BCUT2D eigenvalue weighted by molar-refractivity contribution is 0.161. The predicted octanol–water partition coefficient (Wildman–Crippen LogP) is 2.74. The smallest absolute Gasteiger partial charge is 0.118 e. The van der Waals surface area contributed by atoms with Crippen LogP contribution in [0.5, 0.6) is 5.75 Å². The monoisotopic (exact) mass is 323 g/mol. The second kappa shape index (κ2) is 9.91. The third kappa shape index (κ3) is 7.82. The fourth-order valence-electron chi connectivity index (χ4n) is 2.52. The number of aliphatic hydroxyl groups excluding tert-OH is 2. The second-order valence-electron chi connectivity index (χ2n) is 7.27. The molecular weight excluding hydrogens is 290 g/mol. The van der Waals surface area contributed by atoms with Crippen molar-refractivity contribution in [2.24, 2.45) is 0 Å². The Morgan fingerprint density at radius 1 is 1.09 bits per heavy atom. The molecule has 1 rings (SSSR count). The summed E-state index contributed by atoms with van der Waals surface area (Å²) >= 11 is 0. The number of hydrogen-bond acceptors (Lipinski definition) is 4. The minimum absolute atomic E-state index is 0.0336. The maximum Gasteiger partial charge on any atom is 0.118 e. The lowest BCUT2D eigenvalue weighted by Gasteiger charge is -2.21. The summed E-state index contributed by atoms with van der Waals surface area (Å²) in [6.45, 7) is 8.45. The molecule has 0 aliphatic carbocycles. The molecule has 1 aromatic carbocycles. The zero-order valence-corrected chi connectivity index (χ0v) is 14.8. The number of nitrogens with one attached hydrogen (secondary N) is 1. The SMILES string of the molecule is CC(C)(C)c1ccc(O)c(CC(O)CCCNCCCCO)c1. The molecule has 132 valence electrons. The third-order valence-electron chi connectivity index (χ3n) is 4.05. The van der Waals surface area contributed by atoms with E-state index in [9.17, 15) is 10.2 Å². The van der Waals surface area contributed by atoms with E-state index in [1.807, 2.05) is 12.1 Å². The number of hydrogen-bond donors (Lipinski definition) is 4. The van der Waals surface area contributed by atoms with Crippen LogP contribution < -0.4 is 5.32 Å². The van der Waals surface area contributed by atoms with Crippen LogP contribution in [0.15, 0.2) is 18.2 Å². The minimum atomic E-state index is -0.435. The van der Waals surface area contributed by atoms with Crippen molar-refractivity contribution in [1.82, 2.24) is 5.32 Å². The Labute approximate surface area is 140 Å². The Morgan fingerprint density at radius 3 is 2.43 bits per heavy atom. The highest BCUT2D eigenvalue weighted by Crippen LogP contribution is 2.28. The molecule has 4 heteroatoms. The molecule has 4 nitrogen and oxygen atoms in total. The van der Waals surface area contributed by atoms with Crippen LogP contribution in [-0.4, -0.2) is 41.1 Å². The van der Waals surface area contributed by atoms with Gasteiger partial charge in [-0.2, -0.15) is 0 Å². The summed E-state index contributed by atoms with van der Waals surface area (Å²) in [5.41, 5.74) is 2.02. The van der Waals surface area contributed by atoms with Crippen LogP contribution in [0.25, 0.3) is 0 Å². The van der Waals surface area contributed by atoms with Gasteiger partial charge in [-0.05, 0) is 61.4 Å². The summed E-state index contributed by atoms with van der Waals surface area (Å²) in [5, 5.41) is 32.2. The summed E-state index contributed by atoms with van der Waals surface area (Å²) in [4.78, 5) is 0. The molecule has 1 unspecified atom stereocenters. The summed E-state index contributed by atoms with van der Waals surface area (Å²) < 4.78 is 0. The molecule has 0 saturated heterocycles. The Bertz CT molecular complexity index is 454. The fraction of sp³-hybridized carbons (Fsp3) is 0.684. The van der Waals surface area contributed by atoms with Gasteiger partial charge in [0.05, 0.1) is 6.10 Å². The van der Waals surface area contributed by atoms with Crippen LogP contribution in [0, 0.1) is 0 Å². The Hall–Kier alpha value is -1.10. The van der Waals surface area contributed by atoms with Crippen molar-refractivity contribution in [2.75, 3.05) is 19.7 Å². The zero-order valence-electron chi connectivity index (χ0n) is 14.8. The number of benzene rings is 1. The number of phenolic OH excluding ortho intramolecular Hbond substituents is 1. The summed E-state index contributed by atoms with van der Waals surface area (Å²) in [6, 6.07) is 5.68. The number of aromatic hydroxyl groups is 1. The van der Waals surface area contributed by atoms with E-state index in [-0.39, 0.29) is 17.8 Å². The van der Waals surface area contributed by atoms with E-state index in [1.165, 1.54) is 5.56 Å². The van der Waals surface area contributed by atoms with Gasteiger partial charge in [0.2, 0.25) is 0 Å². The van der Waals surface area contributed by atoms with Crippen molar-refractivity contribution in [3.63, 3.8) is 0 Å². The third-order valence-corrected chi connectivity index (χ3v) is 4.05. The van der Waals surface area contributed by atoms with Crippen LogP contribution in [0.3, 0.4) is 0 Å². The van der Waals surface area contributed by atoms with Gasteiger partial charge in [-0.25, -0.2) is 0 Å². The average molecular weight is 323 g/mol. The van der Waals surface area contributed by atoms with Gasteiger partial charge >= 0.3 is 0 Å². The molecule has 0 radical (unpaired) electrons. The van der Waals surface area contributed by atoms with Crippen molar-refractivity contribution in [2.45, 2.75) is 64.4 Å². The number of phenols is 1. The topological polar surface area (TPSA) is 72.7 Å². The van der Waals surface area contributed by atoms with Crippen LogP contribution in [0.1, 0.15) is 57.6 Å². The van der Waals surface area contributed by atoms with Gasteiger partial charge in [0.15, 0.2) is 0 Å². The molecule has 0 amide bonds. The molecule has 0 aliphatic heterocycles. The molecule has 0 aliphatic rings. The highest BCUT2D eigenvalue weighted by Gasteiger charge is 2.16. The van der Waals surface area contributed by atoms with Crippen LogP contribution in [-0.2, 0) is 11.8 Å². The highest BCUT2D eigenvalue weighted by molar-refractivity contribution is 5.39. The van der Waals surface area contributed by atoms with Crippen molar-refractivity contribution in [1.29, 1.82) is 0 Å². The van der Waals surface area contributed by atoms with E-state index in [0.717, 1.165) is 37.9 Å². The van der Waals surface area contributed by atoms with Gasteiger partial charge in [-0.15, -0.1) is 0 Å². The zero-order chi connectivity index (χ0) is 17.3. The molecule has 0 spiro atoms. The van der Waals surface area contributed by atoms with Crippen molar-refractivity contribution in [3.05, 3.63) is 29.3 Å². The summed E-state index contributed by atoms with van der Waals surface area (Å²) in [6.07, 6.45) is 3.48. The lowest BCUT2D eigenvalue weighted by Crippen LogP contribution is -2.20. The number of aliphatic hydroxyl groups is 2.